The van der Waals surface area contributed by atoms with Crippen LogP contribution in [-0.2, 0) is 5.41 Å². The molecule has 0 aliphatic heterocycles. The van der Waals surface area contributed by atoms with E-state index in [-0.39, 0.29) is 5.41 Å². The van der Waals surface area contributed by atoms with Gasteiger partial charge in [0.1, 0.15) is 11.5 Å². The van der Waals surface area contributed by atoms with Crippen LogP contribution in [0.25, 0.3) is 0 Å². The minimum absolute atomic E-state index is 0.122. The Bertz CT molecular complexity index is 365. The maximum atomic E-state index is 9.99. The summed E-state index contributed by atoms with van der Waals surface area (Å²) < 4.78 is 5.23. The first kappa shape index (κ1) is 11.3. The third-order valence-corrected chi connectivity index (χ3v) is 3.81. The molecular formula is C14H20O2. The van der Waals surface area contributed by atoms with Gasteiger partial charge < -0.3 is 9.84 Å². The SMILES string of the molecule is COc1ccc(O)c(C2(C)CCCCC2)c1. The Labute approximate surface area is 97.3 Å². The number of hydrogen-bond acceptors (Lipinski definition) is 2. The molecule has 2 nitrogen and oxygen atoms in total. The summed E-state index contributed by atoms with van der Waals surface area (Å²) in [4.78, 5) is 0. The molecule has 88 valence electrons. The van der Waals surface area contributed by atoms with Crippen molar-refractivity contribution in [3.63, 3.8) is 0 Å². The van der Waals surface area contributed by atoms with Gasteiger partial charge in [0.15, 0.2) is 0 Å². The number of hydrogen-bond donors (Lipinski definition) is 1. The van der Waals surface area contributed by atoms with Gasteiger partial charge in [-0.1, -0.05) is 26.2 Å². The number of phenols is 1. The van der Waals surface area contributed by atoms with Crippen molar-refractivity contribution in [1.29, 1.82) is 0 Å². The van der Waals surface area contributed by atoms with Crippen molar-refractivity contribution in [2.75, 3.05) is 7.11 Å². The molecule has 1 aromatic rings. The van der Waals surface area contributed by atoms with Gasteiger partial charge in [0.25, 0.3) is 0 Å². The van der Waals surface area contributed by atoms with Gasteiger partial charge in [0.05, 0.1) is 7.11 Å². The van der Waals surface area contributed by atoms with E-state index < -0.39 is 0 Å². The molecule has 0 amide bonds. The summed E-state index contributed by atoms with van der Waals surface area (Å²) in [5.74, 6) is 1.24. The highest BCUT2D eigenvalue weighted by molar-refractivity contribution is 5.44. The molecule has 0 unspecified atom stereocenters. The smallest absolute Gasteiger partial charge is 0.119 e. The Kier molecular flexibility index (Phi) is 3.08. The maximum Gasteiger partial charge on any atom is 0.119 e. The molecule has 1 aliphatic carbocycles. The molecule has 1 saturated carbocycles. The molecule has 0 heterocycles. The third kappa shape index (κ3) is 2.01. The van der Waals surface area contributed by atoms with Crippen molar-refractivity contribution < 1.29 is 9.84 Å². The van der Waals surface area contributed by atoms with Crippen LogP contribution in [0.1, 0.15) is 44.6 Å². The summed E-state index contributed by atoms with van der Waals surface area (Å²) in [6, 6.07) is 5.54. The van der Waals surface area contributed by atoms with Crippen LogP contribution in [0.4, 0.5) is 0 Å². The number of aromatic hydroxyl groups is 1. The number of benzene rings is 1. The molecule has 0 bridgehead atoms. The fourth-order valence-electron chi connectivity index (χ4n) is 2.73. The second-order valence-corrected chi connectivity index (χ2v) is 5.00. The lowest BCUT2D eigenvalue weighted by Crippen LogP contribution is -2.25. The first-order chi connectivity index (χ1) is 7.65. The summed E-state index contributed by atoms with van der Waals surface area (Å²) in [7, 11) is 1.67. The van der Waals surface area contributed by atoms with Crippen LogP contribution in [0.5, 0.6) is 11.5 Å². The summed E-state index contributed by atoms with van der Waals surface area (Å²) in [5, 5.41) is 9.99. The van der Waals surface area contributed by atoms with Gasteiger partial charge in [-0.3, -0.25) is 0 Å². The van der Waals surface area contributed by atoms with E-state index in [9.17, 15) is 5.11 Å². The van der Waals surface area contributed by atoms with E-state index in [1.165, 1.54) is 19.3 Å². The molecule has 0 saturated heterocycles. The van der Waals surface area contributed by atoms with Crippen LogP contribution in [0.2, 0.25) is 0 Å². The zero-order valence-electron chi connectivity index (χ0n) is 10.1. The molecule has 1 aliphatic rings. The summed E-state index contributed by atoms with van der Waals surface area (Å²) in [6.07, 6.45) is 6.15. The fourth-order valence-corrected chi connectivity index (χ4v) is 2.73. The van der Waals surface area contributed by atoms with Crippen molar-refractivity contribution >= 4 is 0 Å². The summed E-state index contributed by atoms with van der Waals surface area (Å²) in [6.45, 7) is 2.25. The molecule has 1 aromatic carbocycles. The number of methoxy groups -OCH3 is 1. The summed E-state index contributed by atoms with van der Waals surface area (Å²) in [5.41, 5.74) is 1.17. The average molecular weight is 220 g/mol. The highest BCUT2D eigenvalue weighted by Crippen LogP contribution is 2.43. The first-order valence-corrected chi connectivity index (χ1v) is 6.03. The van der Waals surface area contributed by atoms with Crippen molar-refractivity contribution in [1.82, 2.24) is 0 Å². The lowest BCUT2D eigenvalue weighted by Gasteiger charge is -2.34. The van der Waals surface area contributed by atoms with E-state index in [4.69, 9.17) is 4.74 Å². The lowest BCUT2D eigenvalue weighted by atomic mass is 9.70. The standard InChI is InChI=1S/C14H20O2/c1-14(8-4-3-5-9-14)12-10-11(16-2)6-7-13(12)15/h6-7,10,15H,3-5,8-9H2,1-2H3. The van der Waals surface area contributed by atoms with Gasteiger partial charge in [-0.15, -0.1) is 0 Å². The molecule has 0 atom stereocenters. The largest absolute Gasteiger partial charge is 0.508 e. The number of rotatable bonds is 2. The van der Waals surface area contributed by atoms with Crippen LogP contribution in [0, 0.1) is 0 Å². The van der Waals surface area contributed by atoms with E-state index >= 15 is 0 Å². The molecule has 2 rings (SSSR count). The van der Waals surface area contributed by atoms with E-state index in [0.29, 0.717) is 5.75 Å². The zero-order chi connectivity index (χ0) is 11.6. The van der Waals surface area contributed by atoms with Crippen molar-refractivity contribution in [2.45, 2.75) is 44.4 Å². The van der Waals surface area contributed by atoms with E-state index in [2.05, 4.69) is 6.92 Å². The summed E-state index contributed by atoms with van der Waals surface area (Å²) >= 11 is 0. The average Bonchev–Trinajstić information content (AvgIpc) is 2.30. The predicted octanol–water partition coefficient (Wildman–Crippen LogP) is 3.62. The molecular weight excluding hydrogens is 200 g/mol. The molecule has 1 N–H and O–H groups in total. The molecule has 0 spiro atoms. The molecule has 0 aromatic heterocycles. The van der Waals surface area contributed by atoms with Gasteiger partial charge >= 0.3 is 0 Å². The second kappa shape index (κ2) is 4.36. The molecule has 16 heavy (non-hydrogen) atoms. The Morgan fingerprint density at radius 2 is 1.88 bits per heavy atom. The lowest BCUT2D eigenvalue weighted by molar-refractivity contribution is 0.306. The first-order valence-electron chi connectivity index (χ1n) is 6.03. The normalized spacial score (nSPS) is 19.4. The van der Waals surface area contributed by atoms with Gasteiger partial charge in [-0.25, -0.2) is 0 Å². The van der Waals surface area contributed by atoms with Crippen molar-refractivity contribution in [3.8, 4) is 11.5 Å². The zero-order valence-corrected chi connectivity index (χ0v) is 10.1. The Hall–Kier alpha value is -1.18. The third-order valence-electron chi connectivity index (χ3n) is 3.81. The van der Waals surface area contributed by atoms with Crippen molar-refractivity contribution in [3.05, 3.63) is 23.8 Å². The predicted molar refractivity (Wildman–Crippen MR) is 65.1 cm³/mol. The monoisotopic (exact) mass is 220 g/mol. The molecule has 0 radical (unpaired) electrons. The minimum atomic E-state index is 0.122. The Balaban J connectivity index is 2.37. The van der Waals surface area contributed by atoms with Gasteiger partial charge in [-0.2, -0.15) is 0 Å². The van der Waals surface area contributed by atoms with Crippen LogP contribution >= 0.6 is 0 Å². The van der Waals surface area contributed by atoms with Crippen molar-refractivity contribution in [2.24, 2.45) is 0 Å². The maximum absolute atomic E-state index is 9.99. The molecule has 1 fully saturated rings. The van der Waals surface area contributed by atoms with Gasteiger partial charge in [0.2, 0.25) is 0 Å². The van der Waals surface area contributed by atoms with Crippen LogP contribution in [-0.4, -0.2) is 12.2 Å². The Morgan fingerprint density at radius 1 is 1.19 bits per heavy atom. The van der Waals surface area contributed by atoms with Crippen LogP contribution < -0.4 is 4.74 Å². The number of phenolic OH excluding ortho intramolecular Hbond substituents is 1. The second-order valence-electron chi connectivity index (χ2n) is 5.00. The van der Waals surface area contributed by atoms with Gasteiger partial charge in [-0.05, 0) is 36.5 Å². The van der Waals surface area contributed by atoms with Crippen LogP contribution in [0.3, 0.4) is 0 Å². The van der Waals surface area contributed by atoms with E-state index in [1.807, 2.05) is 12.1 Å². The van der Waals surface area contributed by atoms with E-state index in [1.54, 1.807) is 13.2 Å². The topological polar surface area (TPSA) is 29.5 Å². The Morgan fingerprint density at radius 3 is 2.50 bits per heavy atom. The quantitative estimate of drug-likeness (QED) is 0.824. The van der Waals surface area contributed by atoms with Crippen LogP contribution in [0.15, 0.2) is 18.2 Å². The number of ether oxygens (including phenoxy) is 1. The van der Waals surface area contributed by atoms with Gasteiger partial charge in [0, 0.05) is 5.56 Å². The highest BCUT2D eigenvalue weighted by Gasteiger charge is 2.31. The highest BCUT2D eigenvalue weighted by atomic mass is 16.5. The minimum Gasteiger partial charge on any atom is -0.508 e. The molecule has 2 heteroatoms. The fraction of sp³-hybridized carbons (Fsp3) is 0.571. The van der Waals surface area contributed by atoms with E-state index in [0.717, 1.165) is 24.2 Å².